The van der Waals surface area contributed by atoms with E-state index in [0.717, 1.165) is 23.2 Å². The van der Waals surface area contributed by atoms with Crippen LogP contribution in [0.3, 0.4) is 0 Å². The van der Waals surface area contributed by atoms with Crippen LogP contribution in [0.2, 0.25) is 0 Å². The van der Waals surface area contributed by atoms with Crippen LogP contribution in [-0.2, 0) is 10.0 Å². The lowest BCUT2D eigenvalue weighted by Gasteiger charge is -2.39. The molecule has 4 nitrogen and oxygen atoms in total. The Balaban J connectivity index is 0.00000200. The first kappa shape index (κ1) is 18.4. The lowest BCUT2D eigenvalue weighted by atomic mass is 9.78. The molecule has 1 aromatic heterocycles. The molecule has 0 spiro atoms. The second kappa shape index (κ2) is 7.07. The third-order valence-corrected chi connectivity index (χ3v) is 7.16. The smallest absolute Gasteiger partial charge is 0.250 e. The molecule has 1 atom stereocenters. The van der Waals surface area contributed by atoms with Crippen molar-refractivity contribution >= 4 is 49.7 Å². The monoisotopic (exact) mass is 402 g/mol. The molecule has 0 aliphatic carbocycles. The first-order valence-electron chi connectivity index (χ1n) is 6.30. The van der Waals surface area contributed by atoms with Crippen LogP contribution >= 0.6 is 39.7 Å². The van der Waals surface area contributed by atoms with Crippen molar-refractivity contribution in [2.24, 2.45) is 5.41 Å². The highest BCUT2D eigenvalue weighted by Gasteiger charge is 2.32. The molecule has 1 aliphatic heterocycles. The molecule has 1 aliphatic rings. The number of nitrogens with one attached hydrogen (secondary N) is 2. The Kier molecular flexibility index (Phi) is 6.50. The van der Waals surface area contributed by atoms with E-state index >= 15 is 0 Å². The minimum Gasteiger partial charge on any atom is -0.312 e. The summed E-state index contributed by atoms with van der Waals surface area (Å²) in [6.45, 7) is 5.75. The van der Waals surface area contributed by atoms with Gasteiger partial charge < -0.3 is 5.32 Å². The van der Waals surface area contributed by atoms with Gasteiger partial charge in [-0.3, -0.25) is 0 Å². The van der Waals surface area contributed by atoms with Gasteiger partial charge in [0.2, 0.25) is 10.0 Å². The van der Waals surface area contributed by atoms with Crippen LogP contribution in [-0.4, -0.2) is 27.5 Å². The minimum atomic E-state index is -3.39. The van der Waals surface area contributed by atoms with E-state index in [0.29, 0.717) is 10.8 Å². The first-order valence-corrected chi connectivity index (χ1v) is 9.39. The van der Waals surface area contributed by atoms with Crippen LogP contribution in [0, 0.1) is 5.41 Å². The fraction of sp³-hybridized carbons (Fsp3) is 0.667. The average Bonchev–Trinajstić information content (AvgIpc) is 2.75. The molecule has 0 radical (unpaired) electrons. The van der Waals surface area contributed by atoms with Crippen LogP contribution in [0.1, 0.15) is 26.7 Å². The summed E-state index contributed by atoms with van der Waals surface area (Å²) in [6.07, 6.45) is 2.27. The van der Waals surface area contributed by atoms with Crippen molar-refractivity contribution in [3.05, 3.63) is 15.9 Å². The van der Waals surface area contributed by atoms with Gasteiger partial charge in [0, 0.05) is 12.6 Å². The van der Waals surface area contributed by atoms with Crippen molar-refractivity contribution in [3.8, 4) is 0 Å². The van der Waals surface area contributed by atoms with E-state index in [-0.39, 0.29) is 23.9 Å². The molecule has 2 heterocycles. The summed E-state index contributed by atoms with van der Waals surface area (Å²) in [7, 11) is -3.39. The van der Waals surface area contributed by atoms with E-state index in [4.69, 9.17) is 0 Å². The molecular weight excluding hydrogens is 384 g/mol. The molecule has 0 amide bonds. The van der Waals surface area contributed by atoms with Crippen LogP contribution < -0.4 is 10.0 Å². The molecule has 116 valence electrons. The summed E-state index contributed by atoms with van der Waals surface area (Å²) in [6, 6.07) is 3.55. The van der Waals surface area contributed by atoms with Gasteiger partial charge in [0.05, 0.1) is 3.79 Å². The second-order valence-corrected chi connectivity index (χ2v) is 9.97. The fourth-order valence-electron chi connectivity index (χ4n) is 2.33. The van der Waals surface area contributed by atoms with Gasteiger partial charge in [-0.15, -0.1) is 23.7 Å². The summed E-state index contributed by atoms with van der Waals surface area (Å²) in [5, 5.41) is 3.41. The second-order valence-electron chi connectivity index (χ2n) is 5.51. The molecule has 0 aromatic carbocycles. The molecule has 8 heteroatoms. The number of halogens is 2. The molecular formula is C12H20BrClN2O2S2. The van der Waals surface area contributed by atoms with E-state index in [1.54, 1.807) is 12.1 Å². The zero-order valence-corrected chi connectivity index (χ0v) is 15.5. The van der Waals surface area contributed by atoms with Crippen LogP contribution in [0.15, 0.2) is 20.1 Å². The Hall–Kier alpha value is 0.340. The van der Waals surface area contributed by atoms with Gasteiger partial charge in [0.25, 0.3) is 0 Å². The Labute approximate surface area is 139 Å². The summed E-state index contributed by atoms with van der Waals surface area (Å²) in [5.74, 6) is 0. The zero-order chi connectivity index (χ0) is 14.1. The van der Waals surface area contributed by atoms with Crippen molar-refractivity contribution in [3.63, 3.8) is 0 Å². The minimum absolute atomic E-state index is 0. The number of thiophene rings is 1. The number of piperidine rings is 1. The third-order valence-electron chi connectivity index (χ3n) is 3.62. The maximum atomic E-state index is 12.1. The van der Waals surface area contributed by atoms with Crippen molar-refractivity contribution in [2.75, 3.05) is 13.1 Å². The largest absolute Gasteiger partial charge is 0.312 e. The molecule has 2 rings (SSSR count). The van der Waals surface area contributed by atoms with E-state index in [2.05, 4.69) is 39.8 Å². The highest BCUT2D eigenvalue weighted by atomic mass is 79.9. The van der Waals surface area contributed by atoms with Gasteiger partial charge in [0.1, 0.15) is 4.21 Å². The predicted octanol–water partition coefficient (Wildman–Crippen LogP) is 2.99. The number of hydrogen-bond acceptors (Lipinski definition) is 4. The quantitative estimate of drug-likeness (QED) is 0.812. The van der Waals surface area contributed by atoms with Gasteiger partial charge in [-0.2, -0.15) is 0 Å². The molecule has 1 saturated heterocycles. The van der Waals surface area contributed by atoms with E-state index in [1.165, 1.54) is 11.3 Å². The van der Waals surface area contributed by atoms with Crippen LogP contribution in [0.5, 0.6) is 0 Å². The molecule has 1 aromatic rings. The topological polar surface area (TPSA) is 58.2 Å². The van der Waals surface area contributed by atoms with Gasteiger partial charge in [0.15, 0.2) is 0 Å². The van der Waals surface area contributed by atoms with Crippen molar-refractivity contribution in [2.45, 2.75) is 36.9 Å². The highest BCUT2D eigenvalue weighted by molar-refractivity contribution is 9.11. The third kappa shape index (κ3) is 4.42. The molecule has 20 heavy (non-hydrogen) atoms. The molecule has 1 unspecified atom stereocenters. The molecule has 2 N–H and O–H groups in total. The predicted molar refractivity (Wildman–Crippen MR) is 89.3 cm³/mol. The SMILES string of the molecule is CC1(C)CCCNC1CNS(=O)(=O)c1ccc(Br)s1.Cl. The molecule has 0 bridgehead atoms. The van der Waals surface area contributed by atoms with Crippen molar-refractivity contribution in [1.82, 2.24) is 10.0 Å². The Morgan fingerprint density at radius 2 is 2.20 bits per heavy atom. The summed E-state index contributed by atoms with van der Waals surface area (Å²) < 4.78 is 28.2. The maximum absolute atomic E-state index is 12.1. The van der Waals surface area contributed by atoms with Crippen LogP contribution in [0.25, 0.3) is 0 Å². The van der Waals surface area contributed by atoms with E-state index in [1.807, 2.05) is 0 Å². The Morgan fingerprint density at radius 3 is 2.75 bits per heavy atom. The summed E-state index contributed by atoms with van der Waals surface area (Å²) >= 11 is 4.51. The summed E-state index contributed by atoms with van der Waals surface area (Å²) in [5.41, 5.74) is 0.122. The van der Waals surface area contributed by atoms with Gasteiger partial charge in [-0.25, -0.2) is 13.1 Å². The van der Waals surface area contributed by atoms with Crippen LogP contribution in [0.4, 0.5) is 0 Å². The number of sulfonamides is 1. The van der Waals surface area contributed by atoms with E-state index in [9.17, 15) is 8.42 Å². The zero-order valence-electron chi connectivity index (χ0n) is 11.5. The lowest BCUT2D eigenvalue weighted by molar-refractivity contribution is 0.182. The number of hydrogen-bond donors (Lipinski definition) is 2. The normalized spacial score (nSPS) is 22.2. The van der Waals surface area contributed by atoms with Gasteiger partial charge in [-0.1, -0.05) is 13.8 Å². The first-order chi connectivity index (χ1) is 8.81. The van der Waals surface area contributed by atoms with Crippen molar-refractivity contribution in [1.29, 1.82) is 0 Å². The standard InChI is InChI=1S/C12H19BrN2O2S2.ClH/c1-12(2)6-3-7-14-9(12)8-15-19(16,17)11-5-4-10(13)18-11;/h4-5,9,14-15H,3,6-8H2,1-2H3;1H. The fourth-order valence-corrected chi connectivity index (χ4v) is 5.43. The molecule has 0 saturated carbocycles. The van der Waals surface area contributed by atoms with Crippen molar-refractivity contribution < 1.29 is 8.42 Å². The summed E-state index contributed by atoms with van der Waals surface area (Å²) in [4.78, 5) is 0. The average molecular weight is 404 g/mol. The van der Waals surface area contributed by atoms with Gasteiger partial charge in [-0.05, 0) is 52.9 Å². The van der Waals surface area contributed by atoms with E-state index < -0.39 is 10.0 Å². The highest BCUT2D eigenvalue weighted by Crippen LogP contribution is 2.30. The number of rotatable bonds is 4. The van der Waals surface area contributed by atoms with Gasteiger partial charge >= 0.3 is 0 Å². The Morgan fingerprint density at radius 1 is 1.50 bits per heavy atom. The maximum Gasteiger partial charge on any atom is 0.250 e. The lowest BCUT2D eigenvalue weighted by Crippen LogP contribution is -2.52. The Bertz CT molecular complexity index is 545. The molecule has 1 fully saturated rings.